The van der Waals surface area contributed by atoms with E-state index in [1.54, 1.807) is 11.3 Å². The topological polar surface area (TPSA) is 29.0 Å². The second-order valence-corrected chi connectivity index (χ2v) is 6.61. The van der Waals surface area contributed by atoms with Crippen LogP contribution in [0.1, 0.15) is 38.2 Å². The van der Waals surface area contributed by atoms with E-state index < -0.39 is 0 Å². The molecule has 20 heavy (non-hydrogen) atoms. The highest BCUT2D eigenvalue weighted by atomic mass is 32.1. The fraction of sp³-hybridized carbons (Fsp3) is 0.500. The molecule has 3 nitrogen and oxygen atoms in total. The number of pyridine rings is 1. The molecular weight excluding hydrogens is 266 g/mol. The predicted molar refractivity (Wildman–Crippen MR) is 84.0 cm³/mol. The Labute approximate surface area is 124 Å². The van der Waals surface area contributed by atoms with Gasteiger partial charge in [0.25, 0.3) is 0 Å². The van der Waals surface area contributed by atoms with E-state index in [0.717, 1.165) is 10.7 Å². The molecule has 3 heterocycles. The summed E-state index contributed by atoms with van der Waals surface area (Å²) in [5, 5.41) is 3.02. The van der Waals surface area contributed by atoms with Crippen molar-refractivity contribution in [3.63, 3.8) is 0 Å². The minimum atomic E-state index is 0.666. The monoisotopic (exact) mass is 287 g/mol. The normalized spacial score (nSPS) is 17.8. The lowest BCUT2D eigenvalue weighted by atomic mass is 9.89. The third kappa shape index (κ3) is 2.91. The van der Waals surface area contributed by atoms with Crippen molar-refractivity contribution in [1.82, 2.24) is 14.9 Å². The van der Waals surface area contributed by atoms with Gasteiger partial charge in [0.2, 0.25) is 0 Å². The van der Waals surface area contributed by atoms with Gasteiger partial charge < -0.3 is 4.90 Å². The van der Waals surface area contributed by atoms with E-state index in [4.69, 9.17) is 0 Å². The van der Waals surface area contributed by atoms with Crippen molar-refractivity contribution < 1.29 is 0 Å². The van der Waals surface area contributed by atoms with Crippen molar-refractivity contribution in [2.45, 2.75) is 38.6 Å². The summed E-state index contributed by atoms with van der Waals surface area (Å²) >= 11 is 1.65. The Kier molecular flexibility index (Phi) is 4.13. The van der Waals surface area contributed by atoms with Crippen LogP contribution in [-0.4, -0.2) is 34.0 Å². The molecule has 0 N–H and O–H groups in total. The molecule has 0 saturated carbocycles. The average molecular weight is 287 g/mol. The summed E-state index contributed by atoms with van der Waals surface area (Å²) in [7, 11) is 0. The zero-order valence-electron chi connectivity index (χ0n) is 12.1. The highest BCUT2D eigenvalue weighted by molar-refractivity contribution is 7.13. The largest absolute Gasteiger partial charge is 0.301 e. The highest BCUT2D eigenvalue weighted by Gasteiger charge is 2.22. The van der Waals surface area contributed by atoms with Gasteiger partial charge in [0.1, 0.15) is 5.01 Å². The summed E-state index contributed by atoms with van der Waals surface area (Å²) < 4.78 is 0. The number of nitrogens with zero attached hydrogens (tertiary/aromatic N) is 3. The van der Waals surface area contributed by atoms with Gasteiger partial charge in [-0.25, -0.2) is 4.98 Å². The lowest BCUT2D eigenvalue weighted by molar-refractivity contribution is 0.172. The van der Waals surface area contributed by atoms with Gasteiger partial charge in [-0.1, -0.05) is 0 Å². The van der Waals surface area contributed by atoms with Gasteiger partial charge in [0.15, 0.2) is 0 Å². The standard InChI is InChI=1S/C16H21N3S/c1-12(2)19-8-4-13(5-9-19)14-3-6-17-15(11-14)16-18-7-10-20-16/h3,6-7,10-13H,4-5,8-9H2,1-2H3. The van der Waals surface area contributed by atoms with Gasteiger partial charge in [-0.05, 0) is 63.4 Å². The van der Waals surface area contributed by atoms with Crippen molar-refractivity contribution in [2.75, 3.05) is 13.1 Å². The number of piperidine rings is 1. The molecule has 0 radical (unpaired) electrons. The maximum absolute atomic E-state index is 4.46. The Morgan fingerprint density at radius 3 is 2.65 bits per heavy atom. The Morgan fingerprint density at radius 2 is 2.00 bits per heavy atom. The minimum Gasteiger partial charge on any atom is -0.301 e. The first-order chi connectivity index (χ1) is 9.74. The molecule has 0 aliphatic carbocycles. The van der Waals surface area contributed by atoms with Gasteiger partial charge in [0.05, 0.1) is 5.69 Å². The van der Waals surface area contributed by atoms with Crippen LogP contribution in [-0.2, 0) is 0 Å². The van der Waals surface area contributed by atoms with E-state index in [-0.39, 0.29) is 0 Å². The molecule has 0 unspecified atom stereocenters. The van der Waals surface area contributed by atoms with E-state index in [0.29, 0.717) is 12.0 Å². The molecule has 3 rings (SSSR count). The van der Waals surface area contributed by atoms with Gasteiger partial charge in [-0.2, -0.15) is 0 Å². The molecule has 2 aromatic rings. The first-order valence-corrected chi connectivity index (χ1v) is 8.22. The smallest absolute Gasteiger partial charge is 0.141 e. The van der Waals surface area contributed by atoms with Crippen LogP contribution >= 0.6 is 11.3 Å². The van der Waals surface area contributed by atoms with E-state index in [1.807, 2.05) is 17.8 Å². The van der Waals surface area contributed by atoms with Crippen LogP contribution < -0.4 is 0 Å². The van der Waals surface area contributed by atoms with Crippen LogP contribution in [0.4, 0.5) is 0 Å². The molecule has 4 heteroatoms. The summed E-state index contributed by atoms with van der Waals surface area (Å²) in [6.45, 7) is 6.98. The van der Waals surface area contributed by atoms with Crippen LogP contribution in [0.2, 0.25) is 0 Å². The molecule has 0 aromatic carbocycles. The predicted octanol–water partition coefficient (Wildman–Crippen LogP) is 3.79. The Balaban J connectivity index is 1.74. The average Bonchev–Trinajstić information content (AvgIpc) is 3.02. The first-order valence-electron chi connectivity index (χ1n) is 7.34. The maximum Gasteiger partial charge on any atom is 0.141 e. The second kappa shape index (κ2) is 6.02. The molecule has 0 amide bonds. The second-order valence-electron chi connectivity index (χ2n) is 5.72. The van der Waals surface area contributed by atoms with Gasteiger partial charge in [-0.15, -0.1) is 11.3 Å². The lowest BCUT2D eigenvalue weighted by Crippen LogP contribution is -2.37. The SMILES string of the molecule is CC(C)N1CCC(c2ccnc(-c3nccs3)c2)CC1. The Morgan fingerprint density at radius 1 is 1.20 bits per heavy atom. The van der Waals surface area contributed by atoms with Crippen molar-refractivity contribution in [3.05, 3.63) is 35.5 Å². The number of rotatable bonds is 3. The molecule has 2 aromatic heterocycles. The van der Waals surface area contributed by atoms with Gasteiger partial charge >= 0.3 is 0 Å². The molecule has 106 valence electrons. The minimum absolute atomic E-state index is 0.666. The van der Waals surface area contributed by atoms with Gasteiger partial charge in [-0.3, -0.25) is 4.98 Å². The summed E-state index contributed by atoms with van der Waals surface area (Å²) in [6, 6.07) is 5.07. The van der Waals surface area contributed by atoms with Crippen LogP contribution in [0.5, 0.6) is 0 Å². The summed E-state index contributed by atoms with van der Waals surface area (Å²) in [6.07, 6.45) is 6.27. The third-order valence-corrected chi connectivity index (χ3v) is 4.96. The molecule has 1 saturated heterocycles. The van der Waals surface area contributed by atoms with Crippen molar-refractivity contribution in [3.8, 4) is 10.7 Å². The zero-order valence-corrected chi connectivity index (χ0v) is 12.9. The van der Waals surface area contributed by atoms with Crippen molar-refractivity contribution in [1.29, 1.82) is 0 Å². The number of hydrogen-bond donors (Lipinski definition) is 0. The first kappa shape index (κ1) is 13.7. The third-order valence-electron chi connectivity index (χ3n) is 4.17. The summed E-state index contributed by atoms with van der Waals surface area (Å²) in [5.74, 6) is 0.673. The molecular formula is C16H21N3S. The summed E-state index contributed by atoms with van der Waals surface area (Å²) in [4.78, 5) is 11.4. The Hall–Kier alpha value is -1.26. The molecule has 1 aliphatic heterocycles. The summed E-state index contributed by atoms with van der Waals surface area (Å²) in [5.41, 5.74) is 2.44. The zero-order chi connectivity index (χ0) is 13.9. The fourth-order valence-corrected chi connectivity index (χ4v) is 3.52. The van der Waals surface area contributed by atoms with Crippen LogP contribution in [0.25, 0.3) is 10.7 Å². The van der Waals surface area contributed by atoms with E-state index in [2.05, 4.69) is 40.8 Å². The van der Waals surface area contributed by atoms with Crippen molar-refractivity contribution in [2.24, 2.45) is 0 Å². The number of thiazole rings is 1. The molecule has 1 fully saturated rings. The maximum atomic E-state index is 4.46. The fourth-order valence-electron chi connectivity index (χ4n) is 2.92. The van der Waals surface area contributed by atoms with E-state index in [9.17, 15) is 0 Å². The number of likely N-dealkylation sites (tertiary alicyclic amines) is 1. The van der Waals surface area contributed by atoms with Crippen molar-refractivity contribution >= 4 is 11.3 Å². The molecule has 0 bridgehead atoms. The lowest BCUT2D eigenvalue weighted by Gasteiger charge is -2.34. The Bertz CT molecular complexity index is 543. The van der Waals surface area contributed by atoms with Gasteiger partial charge in [0, 0.05) is 23.8 Å². The number of hydrogen-bond acceptors (Lipinski definition) is 4. The molecule has 1 aliphatic rings. The molecule has 0 spiro atoms. The highest BCUT2D eigenvalue weighted by Crippen LogP contribution is 2.30. The van der Waals surface area contributed by atoms with Crippen LogP contribution in [0, 0.1) is 0 Å². The number of aromatic nitrogens is 2. The van der Waals surface area contributed by atoms with E-state index in [1.165, 1.54) is 31.5 Å². The van der Waals surface area contributed by atoms with E-state index >= 15 is 0 Å². The van der Waals surface area contributed by atoms with Crippen LogP contribution in [0.15, 0.2) is 29.9 Å². The quantitative estimate of drug-likeness (QED) is 0.860. The van der Waals surface area contributed by atoms with Crippen LogP contribution in [0.3, 0.4) is 0 Å². The molecule has 0 atom stereocenters.